The summed E-state index contributed by atoms with van der Waals surface area (Å²) < 4.78 is 0. The summed E-state index contributed by atoms with van der Waals surface area (Å²) in [6, 6.07) is 28.3. The molecule has 0 atom stereocenters. The molecule has 4 aromatic rings. The largest absolute Gasteiger partial charge is 0.369 e. The average Bonchev–Trinajstić information content (AvgIpc) is 3.38. The number of piperazine rings is 1. The number of hydrogen-bond donors (Lipinski definition) is 3. The second kappa shape index (κ2) is 12.3. The van der Waals surface area contributed by atoms with Gasteiger partial charge in [0, 0.05) is 77.4 Å². The van der Waals surface area contributed by atoms with Gasteiger partial charge in [-0.25, -0.2) is 0 Å². The Morgan fingerprint density at radius 3 is 2.27 bits per heavy atom. The van der Waals surface area contributed by atoms with Crippen LogP contribution in [0.1, 0.15) is 37.4 Å². The third kappa shape index (κ3) is 6.07. The Kier molecular flexibility index (Phi) is 7.91. The van der Waals surface area contributed by atoms with Crippen molar-refractivity contribution in [2.24, 2.45) is 0 Å². The van der Waals surface area contributed by atoms with E-state index in [0.717, 1.165) is 31.9 Å². The Hall–Kier alpha value is -5.72. The molecule has 2 amide bonds. The van der Waals surface area contributed by atoms with E-state index in [1.165, 1.54) is 5.69 Å². The molecule has 0 bridgehead atoms. The van der Waals surface area contributed by atoms with Gasteiger partial charge >= 0.3 is 0 Å². The maximum Gasteiger partial charge on any atom is 0.257 e. The van der Waals surface area contributed by atoms with Gasteiger partial charge in [0.2, 0.25) is 0 Å². The Labute approximate surface area is 255 Å². The summed E-state index contributed by atoms with van der Waals surface area (Å²) in [5, 5.41) is 17.9. The minimum absolute atomic E-state index is 0.243. The molecule has 2 aliphatic heterocycles. The van der Waals surface area contributed by atoms with Gasteiger partial charge in [0.15, 0.2) is 5.78 Å². The number of nitrogens with zero attached hydrogens (tertiary/aromatic N) is 3. The van der Waals surface area contributed by atoms with Gasteiger partial charge in [0.1, 0.15) is 0 Å². The third-order valence-corrected chi connectivity index (χ3v) is 7.84. The SMILES string of the molecule is CN1CCN(c2ccc(NC=C3C(=O)Nc4cc(C(=O)c5cccc(NC(=O)c6ccc(C#N)cc6)c5)ccc43)cc2)CC1. The molecule has 1 saturated heterocycles. The maximum atomic E-state index is 13.4. The lowest BCUT2D eigenvalue weighted by molar-refractivity contribution is -0.110. The van der Waals surface area contributed by atoms with Gasteiger partial charge in [-0.3, -0.25) is 14.4 Å². The van der Waals surface area contributed by atoms with E-state index >= 15 is 0 Å². The molecule has 218 valence electrons. The topological polar surface area (TPSA) is 118 Å². The van der Waals surface area contributed by atoms with E-state index in [1.54, 1.807) is 72.9 Å². The summed E-state index contributed by atoms with van der Waals surface area (Å²) in [5.74, 6) is -0.843. The van der Waals surface area contributed by atoms with Crippen LogP contribution < -0.4 is 20.9 Å². The molecule has 0 aliphatic carbocycles. The first-order chi connectivity index (χ1) is 21.4. The summed E-state index contributed by atoms with van der Waals surface area (Å²) >= 11 is 0. The highest BCUT2D eigenvalue weighted by atomic mass is 16.2. The number of hydrogen-bond acceptors (Lipinski definition) is 7. The van der Waals surface area contributed by atoms with Gasteiger partial charge in [-0.15, -0.1) is 0 Å². The fourth-order valence-corrected chi connectivity index (χ4v) is 5.27. The second-order valence-electron chi connectivity index (χ2n) is 10.8. The number of benzene rings is 4. The minimum Gasteiger partial charge on any atom is -0.369 e. The van der Waals surface area contributed by atoms with Crippen LogP contribution in [0, 0.1) is 11.3 Å². The molecule has 4 aromatic carbocycles. The van der Waals surface area contributed by atoms with Gasteiger partial charge in [-0.1, -0.05) is 24.3 Å². The number of nitrogens with one attached hydrogen (secondary N) is 3. The van der Waals surface area contributed by atoms with Crippen LogP contribution in [-0.2, 0) is 4.79 Å². The number of fused-ring (bicyclic) bond motifs is 1. The van der Waals surface area contributed by atoms with Crippen molar-refractivity contribution in [2.75, 3.05) is 54.1 Å². The first kappa shape index (κ1) is 28.4. The van der Waals surface area contributed by atoms with Crippen molar-refractivity contribution in [1.82, 2.24) is 4.90 Å². The monoisotopic (exact) mass is 582 g/mol. The zero-order chi connectivity index (χ0) is 30.6. The van der Waals surface area contributed by atoms with Crippen molar-refractivity contribution in [3.05, 3.63) is 125 Å². The maximum absolute atomic E-state index is 13.4. The standard InChI is InChI=1S/C35H30N6O3/c1-40-15-17-41(18-16-40)29-12-10-27(11-13-29)37-22-31-30-14-9-26(20-32(30)39-35(31)44)33(42)25-3-2-4-28(19-25)38-34(43)24-7-5-23(21-36)6-8-24/h2-14,19-20,22,37H,15-18H2,1H3,(H,38,43)(H,39,44). The van der Waals surface area contributed by atoms with Gasteiger partial charge in [-0.2, -0.15) is 5.26 Å². The van der Waals surface area contributed by atoms with Crippen LogP contribution in [-0.4, -0.2) is 55.7 Å². The van der Waals surface area contributed by atoms with Crippen LogP contribution in [0.15, 0.2) is 97.2 Å². The molecule has 0 saturated carbocycles. The normalized spacial score (nSPS) is 15.3. The summed E-state index contributed by atoms with van der Waals surface area (Å²) in [4.78, 5) is 43.5. The number of ketones is 1. The van der Waals surface area contributed by atoms with Gasteiger partial charge in [0.05, 0.1) is 17.2 Å². The van der Waals surface area contributed by atoms with Crippen LogP contribution in [0.5, 0.6) is 0 Å². The van der Waals surface area contributed by atoms with Crippen LogP contribution in [0.3, 0.4) is 0 Å². The van der Waals surface area contributed by atoms with Crippen molar-refractivity contribution in [2.45, 2.75) is 0 Å². The van der Waals surface area contributed by atoms with Crippen molar-refractivity contribution in [3.63, 3.8) is 0 Å². The highest BCUT2D eigenvalue weighted by Gasteiger charge is 2.25. The molecular weight excluding hydrogens is 552 g/mol. The highest BCUT2D eigenvalue weighted by Crippen LogP contribution is 2.33. The van der Waals surface area contributed by atoms with Gasteiger partial charge in [0.25, 0.3) is 11.8 Å². The van der Waals surface area contributed by atoms with E-state index in [1.807, 2.05) is 18.2 Å². The first-order valence-corrected chi connectivity index (χ1v) is 14.3. The van der Waals surface area contributed by atoms with Crippen LogP contribution >= 0.6 is 0 Å². The Morgan fingerprint density at radius 1 is 0.841 bits per heavy atom. The predicted molar refractivity (Wildman–Crippen MR) is 172 cm³/mol. The van der Waals surface area contributed by atoms with E-state index in [2.05, 4.69) is 44.9 Å². The lowest BCUT2D eigenvalue weighted by Gasteiger charge is -2.34. The summed E-state index contributed by atoms with van der Waals surface area (Å²) in [5.41, 5.74) is 5.92. The average molecular weight is 583 g/mol. The quantitative estimate of drug-likeness (QED) is 0.203. The summed E-state index contributed by atoms with van der Waals surface area (Å²) in [6.45, 7) is 4.08. The highest BCUT2D eigenvalue weighted by molar-refractivity contribution is 6.32. The van der Waals surface area contributed by atoms with E-state index in [-0.39, 0.29) is 17.6 Å². The lowest BCUT2D eigenvalue weighted by Crippen LogP contribution is -2.44. The predicted octanol–water partition coefficient (Wildman–Crippen LogP) is 5.20. The molecule has 2 aliphatic rings. The first-order valence-electron chi connectivity index (χ1n) is 14.3. The third-order valence-electron chi connectivity index (χ3n) is 7.84. The second-order valence-corrected chi connectivity index (χ2v) is 10.8. The van der Waals surface area contributed by atoms with Gasteiger partial charge < -0.3 is 25.8 Å². The van der Waals surface area contributed by atoms with Gasteiger partial charge in [-0.05, 0) is 73.8 Å². The zero-order valence-corrected chi connectivity index (χ0v) is 24.1. The van der Waals surface area contributed by atoms with E-state index < -0.39 is 0 Å². The van der Waals surface area contributed by atoms with E-state index in [4.69, 9.17) is 5.26 Å². The summed E-state index contributed by atoms with van der Waals surface area (Å²) in [7, 11) is 2.14. The zero-order valence-electron chi connectivity index (χ0n) is 24.1. The van der Waals surface area contributed by atoms with E-state index in [0.29, 0.717) is 44.8 Å². The smallest absolute Gasteiger partial charge is 0.257 e. The number of nitriles is 1. The molecule has 2 heterocycles. The number of amides is 2. The fourth-order valence-electron chi connectivity index (χ4n) is 5.27. The Bertz CT molecular complexity index is 1810. The number of anilines is 4. The van der Waals surface area contributed by atoms with Crippen LogP contribution in [0.25, 0.3) is 5.57 Å². The molecule has 0 aromatic heterocycles. The van der Waals surface area contributed by atoms with Crippen LogP contribution in [0.4, 0.5) is 22.7 Å². The number of carbonyl (C=O) groups is 3. The number of carbonyl (C=O) groups excluding carboxylic acids is 3. The minimum atomic E-state index is -0.349. The molecule has 9 nitrogen and oxygen atoms in total. The molecule has 0 spiro atoms. The van der Waals surface area contributed by atoms with Crippen molar-refractivity contribution >= 4 is 45.9 Å². The Morgan fingerprint density at radius 2 is 1.55 bits per heavy atom. The molecule has 3 N–H and O–H groups in total. The summed E-state index contributed by atoms with van der Waals surface area (Å²) in [6.07, 6.45) is 1.69. The Balaban J connectivity index is 1.13. The number of likely N-dealkylation sites (N-methyl/N-ethyl adjacent to an activating group) is 1. The fraction of sp³-hybridized carbons (Fsp3) is 0.143. The molecular formula is C35H30N6O3. The van der Waals surface area contributed by atoms with Crippen molar-refractivity contribution in [1.29, 1.82) is 5.26 Å². The molecule has 0 unspecified atom stereocenters. The number of rotatable bonds is 7. The van der Waals surface area contributed by atoms with Crippen molar-refractivity contribution < 1.29 is 14.4 Å². The van der Waals surface area contributed by atoms with Crippen LogP contribution in [0.2, 0.25) is 0 Å². The molecule has 0 radical (unpaired) electrons. The molecule has 1 fully saturated rings. The molecule has 44 heavy (non-hydrogen) atoms. The lowest BCUT2D eigenvalue weighted by atomic mass is 9.99. The van der Waals surface area contributed by atoms with Crippen molar-refractivity contribution in [3.8, 4) is 6.07 Å². The van der Waals surface area contributed by atoms with E-state index in [9.17, 15) is 14.4 Å². The molecule has 6 rings (SSSR count). The molecule has 9 heteroatoms.